The fraction of sp³-hybridized carbons (Fsp3) is 0.684. The highest BCUT2D eigenvalue weighted by Gasteiger charge is 2.71. The Bertz CT molecular complexity index is 699. The van der Waals surface area contributed by atoms with Gasteiger partial charge in [-0.3, -0.25) is 9.59 Å². The topological polar surface area (TPSA) is 54.4 Å². The normalized spacial score (nSPS) is 53.3. The second-order valence-electron chi connectivity index (χ2n) is 8.32. The van der Waals surface area contributed by atoms with Crippen molar-refractivity contribution in [3.63, 3.8) is 0 Å². The first-order chi connectivity index (χ1) is 11.1. The summed E-state index contributed by atoms with van der Waals surface area (Å²) in [5.41, 5.74) is -4.06. The molecule has 0 aliphatic heterocycles. The first-order valence-electron chi connectivity index (χ1n) is 8.64. The van der Waals surface area contributed by atoms with Gasteiger partial charge in [0, 0.05) is 23.2 Å². The van der Waals surface area contributed by atoms with Crippen LogP contribution in [-0.2, 0) is 9.59 Å². The van der Waals surface area contributed by atoms with E-state index in [9.17, 15) is 19.1 Å². The first-order valence-corrected chi connectivity index (χ1v) is 8.64. The number of aliphatic hydroxyl groups is 1. The Kier molecular flexibility index (Phi) is 3.11. The maximum absolute atomic E-state index is 16.4. The monoisotopic (exact) mass is 336 g/mol. The Morgan fingerprint density at radius 3 is 2.67 bits per heavy atom. The van der Waals surface area contributed by atoms with E-state index in [2.05, 4.69) is 0 Å². The molecule has 130 valence electrons. The zero-order valence-corrected chi connectivity index (χ0v) is 13.9. The molecule has 4 rings (SSSR count). The van der Waals surface area contributed by atoms with Crippen LogP contribution in [0.1, 0.15) is 39.5 Å². The summed E-state index contributed by atoms with van der Waals surface area (Å²) in [6.07, 6.45) is 1.98. The minimum Gasteiger partial charge on any atom is -0.390 e. The first kappa shape index (κ1) is 16.1. The fourth-order valence-electron chi connectivity index (χ4n) is 5.98. The van der Waals surface area contributed by atoms with Crippen LogP contribution in [0.25, 0.3) is 0 Å². The van der Waals surface area contributed by atoms with Crippen molar-refractivity contribution >= 4 is 11.6 Å². The zero-order chi connectivity index (χ0) is 17.5. The number of alkyl halides is 2. The van der Waals surface area contributed by atoms with Gasteiger partial charge < -0.3 is 5.11 Å². The van der Waals surface area contributed by atoms with E-state index in [0.717, 1.165) is 0 Å². The number of ketones is 2. The molecule has 4 aliphatic carbocycles. The van der Waals surface area contributed by atoms with Crippen molar-refractivity contribution in [2.24, 2.45) is 22.7 Å². The molecule has 0 aromatic rings. The van der Waals surface area contributed by atoms with Crippen LogP contribution in [0.4, 0.5) is 8.78 Å². The van der Waals surface area contributed by atoms with E-state index in [-0.39, 0.29) is 35.9 Å². The molecule has 1 N–H and O–H groups in total. The van der Waals surface area contributed by atoms with E-state index in [0.29, 0.717) is 12.8 Å². The second-order valence-corrected chi connectivity index (χ2v) is 8.32. The van der Waals surface area contributed by atoms with Gasteiger partial charge in [-0.25, -0.2) is 8.78 Å². The summed E-state index contributed by atoms with van der Waals surface area (Å²) in [7, 11) is 0. The van der Waals surface area contributed by atoms with Crippen molar-refractivity contribution in [2.45, 2.75) is 57.5 Å². The number of carbonyl (C=O) groups is 2. The van der Waals surface area contributed by atoms with Gasteiger partial charge in [-0.2, -0.15) is 0 Å². The maximum Gasteiger partial charge on any atom is 0.178 e. The van der Waals surface area contributed by atoms with E-state index in [1.54, 1.807) is 13.8 Å². The number of carbonyl (C=O) groups excluding carboxylic acids is 2. The van der Waals surface area contributed by atoms with E-state index in [4.69, 9.17) is 0 Å². The molecule has 0 aromatic heterocycles. The summed E-state index contributed by atoms with van der Waals surface area (Å²) in [5, 5.41) is 10.8. The average molecular weight is 336 g/mol. The van der Waals surface area contributed by atoms with Crippen LogP contribution >= 0.6 is 0 Å². The summed E-state index contributed by atoms with van der Waals surface area (Å²) in [4.78, 5) is 24.0. The maximum atomic E-state index is 16.4. The summed E-state index contributed by atoms with van der Waals surface area (Å²) < 4.78 is 31.3. The molecule has 5 heteroatoms. The van der Waals surface area contributed by atoms with Crippen molar-refractivity contribution in [1.82, 2.24) is 0 Å². The lowest BCUT2D eigenvalue weighted by molar-refractivity contribution is -0.196. The number of aliphatic hydroxyl groups excluding tert-OH is 1. The molecule has 0 bridgehead atoms. The lowest BCUT2D eigenvalue weighted by Gasteiger charge is -2.61. The molecule has 0 aromatic carbocycles. The van der Waals surface area contributed by atoms with Gasteiger partial charge in [0.25, 0.3) is 0 Å². The number of rotatable bonds is 0. The number of allylic oxidation sites excluding steroid dienone is 4. The Morgan fingerprint density at radius 2 is 1.96 bits per heavy atom. The quantitative estimate of drug-likeness (QED) is 0.740. The molecule has 3 nitrogen and oxygen atoms in total. The van der Waals surface area contributed by atoms with Crippen LogP contribution in [-0.4, -0.2) is 34.6 Å². The number of hydrogen-bond acceptors (Lipinski definition) is 3. The highest BCUT2D eigenvalue weighted by Crippen LogP contribution is 2.67. The van der Waals surface area contributed by atoms with E-state index in [1.807, 2.05) is 0 Å². The number of fused-ring (bicyclic) bond motifs is 5. The largest absolute Gasteiger partial charge is 0.390 e. The minimum atomic E-state index is -2.06. The van der Waals surface area contributed by atoms with Crippen molar-refractivity contribution in [1.29, 1.82) is 0 Å². The predicted octanol–water partition coefficient (Wildman–Crippen LogP) is 2.87. The molecule has 0 spiro atoms. The molecule has 3 fully saturated rings. The average Bonchev–Trinajstić information content (AvgIpc) is 2.80. The molecule has 0 saturated heterocycles. The zero-order valence-electron chi connectivity index (χ0n) is 13.9. The van der Waals surface area contributed by atoms with E-state index >= 15 is 4.39 Å². The number of hydrogen-bond donors (Lipinski definition) is 1. The summed E-state index contributed by atoms with van der Waals surface area (Å²) in [6.45, 7) is 3.36. The van der Waals surface area contributed by atoms with Gasteiger partial charge in [0.05, 0.1) is 6.10 Å². The second kappa shape index (κ2) is 4.63. The highest BCUT2D eigenvalue weighted by molar-refractivity contribution is 6.01. The van der Waals surface area contributed by atoms with Crippen molar-refractivity contribution in [3.05, 3.63) is 23.8 Å². The molecule has 1 unspecified atom stereocenters. The predicted molar refractivity (Wildman–Crippen MR) is 83.6 cm³/mol. The highest BCUT2D eigenvalue weighted by atomic mass is 19.1. The molecule has 7 atom stereocenters. The third-order valence-corrected chi connectivity index (χ3v) is 7.34. The Labute approximate surface area is 139 Å². The van der Waals surface area contributed by atoms with Crippen molar-refractivity contribution in [2.75, 3.05) is 0 Å². The third kappa shape index (κ3) is 1.64. The molecule has 24 heavy (non-hydrogen) atoms. The summed E-state index contributed by atoms with van der Waals surface area (Å²) >= 11 is 0. The Balaban J connectivity index is 1.88. The van der Waals surface area contributed by atoms with Crippen LogP contribution in [0.15, 0.2) is 23.8 Å². The van der Waals surface area contributed by atoms with Crippen LogP contribution < -0.4 is 0 Å². The molecule has 0 radical (unpaired) electrons. The molecule has 0 heterocycles. The Morgan fingerprint density at radius 1 is 1.25 bits per heavy atom. The summed E-state index contributed by atoms with van der Waals surface area (Å²) in [6, 6.07) is 0. The van der Waals surface area contributed by atoms with Crippen LogP contribution in [0.5, 0.6) is 0 Å². The van der Waals surface area contributed by atoms with Gasteiger partial charge in [-0.15, -0.1) is 0 Å². The third-order valence-electron chi connectivity index (χ3n) is 7.34. The number of Topliss-reactive ketones (excluding diaryl/α,β-unsaturated/α-hetero) is 1. The minimum absolute atomic E-state index is 0.0462. The van der Waals surface area contributed by atoms with Gasteiger partial charge in [0.1, 0.15) is 12.0 Å². The standard InChI is InChI=1S/C19H22F2O3/c1-17-9-16(24)19(21)12(11(17)3-4-15(17)23)8-14(20)13-7-10(22)5-6-18(13,19)2/h5-7,11-12,14,16,24H,3-4,8-9H2,1-2H3/t11-,12-,14-,16-,17-,18-,19?/m0/s1. The van der Waals surface area contributed by atoms with Gasteiger partial charge in [-0.05, 0) is 49.8 Å². The molecule has 4 aliphatic rings. The van der Waals surface area contributed by atoms with Crippen LogP contribution in [0, 0.1) is 22.7 Å². The van der Waals surface area contributed by atoms with Crippen molar-refractivity contribution in [3.8, 4) is 0 Å². The van der Waals surface area contributed by atoms with E-state index < -0.39 is 34.7 Å². The van der Waals surface area contributed by atoms with Crippen LogP contribution in [0.2, 0.25) is 0 Å². The fourth-order valence-corrected chi connectivity index (χ4v) is 5.98. The SMILES string of the molecule is C[C@]12C=CC(=O)C=C1[C@@H](F)C[C@H]1[C@@H]3CCC(=O)[C@@]3(C)C[C@H](O)C12F. The molecular formula is C19H22F2O3. The smallest absolute Gasteiger partial charge is 0.178 e. The molecule has 0 amide bonds. The van der Waals surface area contributed by atoms with Gasteiger partial charge in [0.2, 0.25) is 0 Å². The lowest BCUT2D eigenvalue weighted by Crippen LogP contribution is -2.68. The van der Waals surface area contributed by atoms with E-state index in [1.165, 1.54) is 18.2 Å². The Hall–Kier alpha value is -1.36. The van der Waals surface area contributed by atoms with Gasteiger partial charge in [-0.1, -0.05) is 13.0 Å². The number of halogens is 2. The van der Waals surface area contributed by atoms with Gasteiger partial charge >= 0.3 is 0 Å². The van der Waals surface area contributed by atoms with Crippen LogP contribution in [0.3, 0.4) is 0 Å². The molecular weight excluding hydrogens is 314 g/mol. The van der Waals surface area contributed by atoms with Crippen molar-refractivity contribution < 1.29 is 23.5 Å². The molecule has 3 saturated carbocycles. The lowest BCUT2D eigenvalue weighted by atomic mass is 9.45. The van der Waals surface area contributed by atoms with Gasteiger partial charge in [0.15, 0.2) is 11.5 Å². The summed E-state index contributed by atoms with van der Waals surface area (Å²) in [5.74, 6) is -1.29.